The average Bonchev–Trinajstić information content (AvgIpc) is 2.76. The zero-order chi connectivity index (χ0) is 15.3. The predicted molar refractivity (Wildman–Crippen MR) is 75.2 cm³/mol. The first kappa shape index (κ1) is 17.4. The van der Waals surface area contributed by atoms with Gasteiger partial charge in [-0.15, -0.1) is 0 Å². The second-order valence-electron chi connectivity index (χ2n) is 4.59. The number of rotatable bonds is 2. The molecule has 1 aliphatic rings. The predicted octanol–water partition coefficient (Wildman–Crippen LogP) is -0.727. The second kappa shape index (κ2) is 7.96. The molecule has 3 atom stereocenters. The summed E-state index contributed by atoms with van der Waals surface area (Å²) in [5.41, 5.74) is -0.643. The van der Waals surface area contributed by atoms with Crippen LogP contribution < -0.4 is 11.2 Å². The average molecular weight is 391 g/mol. The molecule has 2 radical (unpaired) electrons. The van der Waals surface area contributed by atoms with Crippen molar-refractivity contribution in [2.75, 3.05) is 6.61 Å². The van der Waals surface area contributed by atoms with Crippen LogP contribution >= 0.6 is 0 Å². The van der Waals surface area contributed by atoms with Crippen LogP contribution in [0.5, 0.6) is 0 Å². The third kappa shape index (κ3) is 4.17. The van der Waals surface area contributed by atoms with Gasteiger partial charge in [-0.25, -0.2) is 4.79 Å². The fourth-order valence-electron chi connectivity index (χ4n) is 1.85. The van der Waals surface area contributed by atoms with Gasteiger partial charge in [-0.05, 0) is 6.92 Å². The van der Waals surface area contributed by atoms with E-state index in [9.17, 15) is 14.7 Å². The van der Waals surface area contributed by atoms with Crippen LogP contribution in [-0.2, 0) is 4.74 Å². The molecular weight excluding hydrogens is 371 g/mol. The van der Waals surface area contributed by atoms with Crippen molar-refractivity contribution in [3.05, 3.63) is 32.6 Å². The third-order valence-electron chi connectivity index (χ3n) is 2.84. The van der Waals surface area contributed by atoms with Crippen molar-refractivity contribution < 1.29 is 14.9 Å². The molecular formula is C12H20N2O5Sn. The zero-order valence-electron chi connectivity index (χ0n) is 11.8. The van der Waals surface area contributed by atoms with Crippen LogP contribution in [-0.4, -0.2) is 59.7 Å². The fraction of sp³-hybridized carbons (Fsp3) is 0.667. The second-order valence-corrected chi connectivity index (χ2v) is 7.45. The topological polar surface area (TPSA) is 105 Å². The van der Waals surface area contributed by atoms with E-state index in [2.05, 4.69) is 14.9 Å². The van der Waals surface area contributed by atoms with Crippen LogP contribution in [0.4, 0.5) is 0 Å². The van der Waals surface area contributed by atoms with Crippen molar-refractivity contribution in [1.29, 1.82) is 0 Å². The Kier molecular flexibility index (Phi) is 6.93. The Labute approximate surface area is 126 Å². The molecule has 2 rings (SSSR count). The van der Waals surface area contributed by atoms with Gasteiger partial charge in [0.25, 0.3) is 5.56 Å². The van der Waals surface area contributed by atoms with Crippen LogP contribution in [0.2, 0.25) is 9.88 Å². The van der Waals surface area contributed by atoms with Crippen molar-refractivity contribution in [1.82, 2.24) is 9.55 Å². The molecule has 1 aromatic rings. The van der Waals surface area contributed by atoms with Gasteiger partial charge in [0.05, 0.1) is 12.7 Å². The van der Waals surface area contributed by atoms with Crippen LogP contribution in [0.15, 0.2) is 15.8 Å². The molecule has 0 bridgehead atoms. The summed E-state index contributed by atoms with van der Waals surface area (Å²) in [6, 6.07) is 0. The number of aromatic amines is 1. The SMILES string of the molecule is Cc1cn(C2CC(O)C(CO)O2)c(=O)[nH]c1=O.[CH3][Sn][CH3]. The van der Waals surface area contributed by atoms with Crippen molar-refractivity contribution in [3.63, 3.8) is 0 Å². The molecule has 0 aromatic carbocycles. The number of nitrogens with one attached hydrogen (secondary N) is 1. The molecule has 112 valence electrons. The molecule has 3 unspecified atom stereocenters. The van der Waals surface area contributed by atoms with Crippen LogP contribution in [0.1, 0.15) is 18.2 Å². The minimum absolute atomic E-state index is 0.205. The minimum atomic E-state index is -0.816. The maximum absolute atomic E-state index is 11.6. The molecule has 0 aliphatic carbocycles. The summed E-state index contributed by atoms with van der Waals surface area (Å²) in [7, 11) is 0. The summed E-state index contributed by atoms with van der Waals surface area (Å²) in [4.78, 5) is 29.5. The molecule has 1 saturated heterocycles. The summed E-state index contributed by atoms with van der Waals surface area (Å²) in [5, 5.41) is 18.5. The van der Waals surface area contributed by atoms with Gasteiger partial charge in [0.1, 0.15) is 12.3 Å². The number of aliphatic hydroxyl groups excluding tert-OH is 2. The van der Waals surface area contributed by atoms with Crippen molar-refractivity contribution in [2.45, 2.75) is 41.7 Å². The van der Waals surface area contributed by atoms with E-state index in [1.807, 2.05) is 0 Å². The van der Waals surface area contributed by atoms with E-state index in [1.54, 1.807) is 6.92 Å². The van der Waals surface area contributed by atoms with Gasteiger partial charge in [0.15, 0.2) is 0 Å². The number of aryl methyl sites for hydroxylation is 1. The van der Waals surface area contributed by atoms with E-state index in [4.69, 9.17) is 9.84 Å². The number of nitrogens with zero attached hydrogens (tertiary/aromatic N) is 1. The first-order chi connectivity index (χ1) is 9.44. The number of ether oxygens (including phenoxy) is 1. The fourth-order valence-corrected chi connectivity index (χ4v) is 1.85. The first-order valence-electron chi connectivity index (χ1n) is 6.29. The van der Waals surface area contributed by atoms with Gasteiger partial charge < -0.3 is 14.9 Å². The van der Waals surface area contributed by atoms with Crippen molar-refractivity contribution in [2.24, 2.45) is 0 Å². The quantitative estimate of drug-likeness (QED) is 0.577. The van der Waals surface area contributed by atoms with Gasteiger partial charge >= 0.3 is 36.7 Å². The molecule has 0 amide bonds. The van der Waals surface area contributed by atoms with Gasteiger partial charge in [0, 0.05) is 18.2 Å². The summed E-state index contributed by atoms with van der Waals surface area (Å²) in [5.74, 6) is 0. The molecule has 1 aromatic heterocycles. The van der Waals surface area contributed by atoms with E-state index in [0.29, 0.717) is 5.56 Å². The van der Waals surface area contributed by atoms with E-state index >= 15 is 0 Å². The summed E-state index contributed by atoms with van der Waals surface area (Å²) in [6.45, 7) is 1.26. The van der Waals surface area contributed by atoms with Crippen LogP contribution in [0.25, 0.3) is 0 Å². The molecule has 7 nitrogen and oxygen atoms in total. The van der Waals surface area contributed by atoms with Crippen LogP contribution in [0, 0.1) is 6.92 Å². The Morgan fingerprint density at radius 1 is 1.50 bits per heavy atom. The van der Waals surface area contributed by atoms with E-state index in [0.717, 1.165) is 0 Å². The van der Waals surface area contributed by atoms with Gasteiger partial charge in [-0.1, -0.05) is 0 Å². The summed E-state index contributed by atoms with van der Waals surface area (Å²) in [6.07, 6.45) is -0.581. The monoisotopic (exact) mass is 392 g/mol. The Bertz CT molecular complexity index is 541. The first-order valence-corrected chi connectivity index (χ1v) is 12.0. The summed E-state index contributed by atoms with van der Waals surface area (Å²) >= 11 is 0.230. The maximum atomic E-state index is 11.6. The normalized spacial score (nSPS) is 25.1. The molecule has 0 saturated carbocycles. The Morgan fingerprint density at radius 2 is 2.10 bits per heavy atom. The van der Waals surface area contributed by atoms with Crippen LogP contribution in [0.3, 0.4) is 0 Å². The standard InChI is InChI=1S/C10H14N2O5.2CH3.Sn/c1-5-3-12(10(16)11-9(5)15)8-2-6(14)7(4-13)17-8;;;/h3,6-8,13-14H,2,4H2,1H3,(H,11,15,16);2*1H3;. The molecule has 1 aliphatic heterocycles. The van der Waals surface area contributed by atoms with E-state index < -0.39 is 29.7 Å². The molecule has 1 fully saturated rings. The number of hydrogen-bond donors (Lipinski definition) is 3. The zero-order valence-corrected chi connectivity index (χ0v) is 14.6. The molecule has 0 spiro atoms. The Hall–Kier alpha value is -0.641. The molecule has 8 heteroatoms. The van der Waals surface area contributed by atoms with Gasteiger partial charge in [-0.2, -0.15) is 0 Å². The number of aromatic nitrogens is 2. The van der Waals surface area contributed by atoms with E-state index in [1.165, 1.54) is 10.8 Å². The number of H-pyrrole nitrogens is 1. The van der Waals surface area contributed by atoms with Gasteiger partial charge in [-0.3, -0.25) is 14.3 Å². The molecule has 3 N–H and O–H groups in total. The Balaban J connectivity index is 0.000000612. The molecule has 20 heavy (non-hydrogen) atoms. The van der Waals surface area contributed by atoms with E-state index in [-0.39, 0.29) is 34.2 Å². The summed E-state index contributed by atoms with van der Waals surface area (Å²) < 4.78 is 6.54. The third-order valence-corrected chi connectivity index (χ3v) is 2.84. The molecule has 2 heterocycles. The van der Waals surface area contributed by atoms with Crippen molar-refractivity contribution in [3.8, 4) is 0 Å². The number of hydrogen-bond acceptors (Lipinski definition) is 5. The Morgan fingerprint density at radius 3 is 2.60 bits per heavy atom. The number of aliphatic hydroxyl groups is 2. The van der Waals surface area contributed by atoms with Crippen molar-refractivity contribution >= 4 is 21.1 Å². The van der Waals surface area contributed by atoms with Gasteiger partial charge in [0.2, 0.25) is 0 Å².